The summed E-state index contributed by atoms with van der Waals surface area (Å²) in [7, 11) is 5.47. The molecule has 1 atom stereocenters. The summed E-state index contributed by atoms with van der Waals surface area (Å²) in [6, 6.07) is 0.0778. The average Bonchev–Trinajstić information content (AvgIpc) is 2.97. The highest BCUT2D eigenvalue weighted by molar-refractivity contribution is 14.0. The zero-order chi connectivity index (χ0) is 16.4. The van der Waals surface area contributed by atoms with Gasteiger partial charge in [0.1, 0.15) is 0 Å². The molecule has 0 aromatic carbocycles. The van der Waals surface area contributed by atoms with Gasteiger partial charge in [0.25, 0.3) is 0 Å². The number of rotatable bonds is 8. The minimum absolute atomic E-state index is 0. The summed E-state index contributed by atoms with van der Waals surface area (Å²) in [6.07, 6.45) is 5.22. The van der Waals surface area contributed by atoms with Gasteiger partial charge in [-0.2, -0.15) is 11.8 Å². The largest absolute Gasteiger partial charge is 0.356 e. The maximum atomic E-state index is 12.1. The lowest BCUT2D eigenvalue weighted by Gasteiger charge is -2.26. The van der Waals surface area contributed by atoms with E-state index < -0.39 is 0 Å². The van der Waals surface area contributed by atoms with Crippen LogP contribution in [-0.2, 0) is 4.79 Å². The Balaban J connectivity index is 0.00000484. The van der Waals surface area contributed by atoms with E-state index in [1.165, 1.54) is 0 Å². The normalized spacial score (nSPS) is 18.4. The fourth-order valence-corrected chi connectivity index (χ4v) is 2.96. The third kappa shape index (κ3) is 8.44. The molecule has 1 rings (SSSR count). The highest BCUT2D eigenvalue weighted by atomic mass is 127. The highest BCUT2D eigenvalue weighted by Crippen LogP contribution is 2.18. The zero-order valence-corrected chi connectivity index (χ0v) is 17.9. The Kier molecular flexibility index (Phi) is 13.0. The first-order valence-corrected chi connectivity index (χ1v) is 9.38. The topological polar surface area (TPSA) is 60.0 Å². The van der Waals surface area contributed by atoms with Gasteiger partial charge in [-0.1, -0.05) is 0 Å². The molecule has 1 unspecified atom stereocenters. The summed E-state index contributed by atoms with van der Waals surface area (Å²) in [5.41, 5.74) is 0. The van der Waals surface area contributed by atoms with Crippen LogP contribution in [0.3, 0.4) is 0 Å². The van der Waals surface area contributed by atoms with Crippen LogP contribution in [0.2, 0.25) is 0 Å². The van der Waals surface area contributed by atoms with E-state index in [0.29, 0.717) is 0 Å². The van der Waals surface area contributed by atoms with Crippen molar-refractivity contribution >= 4 is 47.6 Å². The predicted octanol–water partition coefficient (Wildman–Crippen LogP) is 1.08. The number of halogens is 1. The summed E-state index contributed by atoms with van der Waals surface area (Å²) < 4.78 is 0. The van der Waals surface area contributed by atoms with Crippen molar-refractivity contribution in [2.75, 3.05) is 59.3 Å². The Labute approximate surface area is 162 Å². The molecule has 6 nitrogen and oxygen atoms in total. The Bertz CT molecular complexity index is 368. The molecule has 0 radical (unpaired) electrons. The van der Waals surface area contributed by atoms with Gasteiger partial charge in [-0.15, -0.1) is 24.0 Å². The summed E-state index contributed by atoms with van der Waals surface area (Å²) >= 11 is 1.82. The van der Waals surface area contributed by atoms with E-state index in [0.717, 1.165) is 57.2 Å². The molecule has 0 saturated carbocycles. The number of thioether (sulfide) groups is 1. The molecule has 23 heavy (non-hydrogen) atoms. The quantitative estimate of drug-likeness (QED) is 0.247. The monoisotopic (exact) mass is 457 g/mol. The van der Waals surface area contributed by atoms with Crippen molar-refractivity contribution in [3.8, 4) is 0 Å². The van der Waals surface area contributed by atoms with Gasteiger partial charge in [-0.3, -0.25) is 14.7 Å². The van der Waals surface area contributed by atoms with Gasteiger partial charge < -0.3 is 15.5 Å². The molecule has 8 heteroatoms. The van der Waals surface area contributed by atoms with Crippen LogP contribution in [-0.4, -0.2) is 87.0 Å². The average molecular weight is 457 g/mol. The maximum Gasteiger partial charge on any atom is 0.239 e. The minimum atomic E-state index is 0. The van der Waals surface area contributed by atoms with Gasteiger partial charge in [0, 0.05) is 46.5 Å². The Morgan fingerprint density at radius 2 is 2.04 bits per heavy atom. The molecular formula is C15H32IN5OS. The summed E-state index contributed by atoms with van der Waals surface area (Å²) in [5.74, 6) is 2.17. The van der Waals surface area contributed by atoms with Gasteiger partial charge in [-0.25, -0.2) is 0 Å². The van der Waals surface area contributed by atoms with E-state index in [-0.39, 0.29) is 35.9 Å². The molecule has 1 fully saturated rings. The number of aliphatic imine (C=N–C) groups is 1. The lowest BCUT2D eigenvalue weighted by molar-refractivity contribution is -0.133. The van der Waals surface area contributed by atoms with E-state index in [2.05, 4.69) is 26.8 Å². The van der Waals surface area contributed by atoms with Crippen molar-refractivity contribution in [1.29, 1.82) is 0 Å². The molecule has 0 aromatic rings. The van der Waals surface area contributed by atoms with E-state index in [9.17, 15) is 4.79 Å². The third-order valence-corrected chi connectivity index (χ3v) is 4.44. The van der Waals surface area contributed by atoms with Crippen molar-refractivity contribution < 1.29 is 4.79 Å². The van der Waals surface area contributed by atoms with Crippen LogP contribution in [0, 0.1) is 0 Å². The van der Waals surface area contributed by atoms with Crippen molar-refractivity contribution in [3.05, 3.63) is 0 Å². The summed E-state index contributed by atoms with van der Waals surface area (Å²) in [5, 5.41) is 6.61. The van der Waals surface area contributed by atoms with Crippen LogP contribution in [0.5, 0.6) is 0 Å². The second-order valence-electron chi connectivity index (χ2n) is 5.70. The molecule has 1 saturated heterocycles. The first kappa shape index (κ1) is 22.8. The lowest BCUT2D eigenvalue weighted by Crippen LogP contribution is -2.44. The van der Waals surface area contributed by atoms with E-state index in [4.69, 9.17) is 0 Å². The van der Waals surface area contributed by atoms with Gasteiger partial charge in [0.05, 0.1) is 6.04 Å². The Hall–Kier alpha value is -0.220. The van der Waals surface area contributed by atoms with E-state index in [1.807, 2.05) is 25.9 Å². The number of hydrogen-bond acceptors (Lipinski definition) is 4. The number of nitrogens with zero attached hydrogens (tertiary/aromatic N) is 3. The van der Waals surface area contributed by atoms with Crippen LogP contribution in [0.15, 0.2) is 4.99 Å². The number of guanidine groups is 1. The van der Waals surface area contributed by atoms with E-state index in [1.54, 1.807) is 11.9 Å². The third-order valence-electron chi connectivity index (χ3n) is 3.83. The molecule has 2 N–H and O–H groups in total. The van der Waals surface area contributed by atoms with Gasteiger partial charge in [0.15, 0.2) is 5.96 Å². The number of likely N-dealkylation sites (N-methyl/N-ethyl adjacent to an activating group) is 1. The Morgan fingerprint density at radius 3 is 2.65 bits per heavy atom. The molecule has 1 heterocycles. The van der Waals surface area contributed by atoms with Crippen molar-refractivity contribution in [2.45, 2.75) is 25.3 Å². The molecule has 0 aliphatic carbocycles. The predicted molar refractivity (Wildman–Crippen MR) is 111 cm³/mol. The SMILES string of the molecule is CN=C(NCCCN1CCCC1C(=O)N(C)C)NCCSC.I. The van der Waals surface area contributed by atoms with Crippen LogP contribution < -0.4 is 10.6 Å². The number of carbonyl (C=O) groups is 1. The fraction of sp³-hybridized carbons (Fsp3) is 0.867. The zero-order valence-electron chi connectivity index (χ0n) is 14.8. The van der Waals surface area contributed by atoms with Crippen LogP contribution >= 0.6 is 35.7 Å². The molecule has 1 aliphatic rings. The number of likely N-dealkylation sites (tertiary alicyclic amines) is 1. The second-order valence-corrected chi connectivity index (χ2v) is 6.68. The Morgan fingerprint density at radius 1 is 1.35 bits per heavy atom. The molecule has 1 aliphatic heterocycles. The first-order valence-electron chi connectivity index (χ1n) is 7.98. The molecule has 0 aromatic heterocycles. The molecule has 136 valence electrons. The van der Waals surface area contributed by atoms with Crippen LogP contribution in [0.4, 0.5) is 0 Å². The number of carbonyl (C=O) groups excluding carboxylic acids is 1. The van der Waals surface area contributed by atoms with Crippen LogP contribution in [0.25, 0.3) is 0 Å². The maximum absolute atomic E-state index is 12.1. The number of amides is 1. The molecule has 0 spiro atoms. The molecule has 0 bridgehead atoms. The van der Waals surface area contributed by atoms with Crippen molar-refractivity contribution in [1.82, 2.24) is 20.4 Å². The van der Waals surface area contributed by atoms with Crippen molar-refractivity contribution in [2.24, 2.45) is 4.99 Å². The summed E-state index contributed by atoms with van der Waals surface area (Å²) in [4.78, 5) is 20.4. The molecular weight excluding hydrogens is 425 g/mol. The summed E-state index contributed by atoms with van der Waals surface area (Å²) in [6.45, 7) is 3.79. The smallest absolute Gasteiger partial charge is 0.239 e. The second kappa shape index (κ2) is 13.1. The minimum Gasteiger partial charge on any atom is -0.356 e. The lowest BCUT2D eigenvalue weighted by atomic mass is 10.2. The number of nitrogens with one attached hydrogen (secondary N) is 2. The first-order chi connectivity index (χ1) is 10.6. The standard InChI is InChI=1S/C15H31N5OS.HI/c1-16-15(18-9-12-22-4)17-8-6-11-20-10-5-7-13(20)14(21)19(2)3;/h13H,5-12H2,1-4H3,(H2,16,17,18);1H. The van der Waals surface area contributed by atoms with Gasteiger partial charge in [0.2, 0.25) is 5.91 Å². The fourth-order valence-electron chi connectivity index (χ4n) is 2.65. The van der Waals surface area contributed by atoms with E-state index >= 15 is 0 Å². The van der Waals surface area contributed by atoms with Gasteiger partial charge >= 0.3 is 0 Å². The highest BCUT2D eigenvalue weighted by Gasteiger charge is 2.30. The number of hydrogen-bond donors (Lipinski definition) is 2. The van der Waals surface area contributed by atoms with Crippen molar-refractivity contribution in [3.63, 3.8) is 0 Å². The van der Waals surface area contributed by atoms with Gasteiger partial charge in [-0.05, 0) is 32.1 Å². The molecule has 1 amide bonds. The van der Waals surface area contributed by atoms with Crippen LogP contribution in [0.1, 0.15) is 19.3 Å².